The predicted octanol–water partition coefficient (Wildman–Crippen LogP) is 3.87. The van der Waals surface area contributed by atoms with Crippen LogP contribution in [-0.4, -0.2) is 5.54 Å². The van der Waals surface area contributed by atoms with Gasteiger partial charge in [0.15, 0.2) is 0 Å². The average Bonchev–Trinajstić information content (AvgIpc) is 2.16. The Morgan fingerprint density at radius 3 is 2.12 bits per heavy atom. The summed E-state index contributed by atoms with van der Waals surface area (Å²) in [6.07, 6.45) is 3.39. The maximum Gasteiger partial charge on any atom is 0.00971 e. The summed E-state index contributed by atoms with van der Waals surface area (Å²) in [5.41, 5.74) is 8.78. The summed E-state index contributed by atoms with van der Waals surface area (Å²) in [5, 5.41) is 0. The Labute approximate surface area is 100 Å². The standard InChI is InChI=1S/C15H25N/c1-12(2)14-9-7-13(8-10-14)6-5-11-15(3,4)16/h7-10,12H,5-6,11,16H2,1-4H3. The number of rotatable bonds is 5. The van der Waals surface area contributed by atoms with E-state index in [1.165, 1.54) is 17.5 Å². The Bertz CT molecular complexity index is 303. The van der Waals surface area contributed by atoms with E-state index in [1.807, 2.05) is 0 Å². The molecule has 0 aromatic heterocycles. The Balaban J connectivity index is 2.44. The molecular weight excluding hydrogens is 194 g/mol. The van der Waals surface area contributed by atoms with E-state index in [0.29, 0.717) is 5.92 Å². The molecule has 0 aliphatic heterocycles. The first-order chi connectivity index (χ1) is 7.38. The minimum Gasteiger partial charge on any atom is -0.326 e. The van der Waals surface area contributed by atoms with Gasteiger partial charge in [-0.05, 0) is 50.2 Å². The van der Waals surface area contributed by atoms with Crippen molar-refractivity contribution in [2.24, 2.45) is 5.73 Å². The van der Waals surface area contributed by atoms with Crippen LogP contribution >= 0.6 is 0 Å². The van der Waals surface area contributed by atoms with E-state index in [4.69, 9.17) is 5.73 Å². The van der Waals surface area contributed by atoms with Crippen LogP contribution in [0.3, 0.4) is 0 Å². The molecule has 1 nitrogen and oxygen atoms in total. The highest BCUT2D eigenvalue weighted by molar-refractivity contribution is 5.24. The molecule has 0 saturated carbocycles. The van der Waals surface area contributed by atoms with Crippen molar-refractivity contribution in [3.8, 4) is 0 Å². The van der Waals surface area contributed by atoms with E-state index in [0.717, 1.165) is 12.8 Å². The molecule has 90 valence electrons. The smallest absolute Gasteiger partial charge is 0.00971 e. The summed E-state index contributed by atoms with van der Waals surface area (Å²) in [7, 11) is 0. The lowest BCUT2D eigenvalue weighted by molar-refractivity contribution is 0.459. The van der Waals surface area contributed by atoms with Gasteiger partial charge in [0, 0.05) is 5.54 Å². The molecule has 0 aliphatic carbocycles. The summed E-state index contributed by atoms with van der Waals surface area (Å²) in [4.78, 5) is 0. The van der Waals surface area contributed by atoms with Crippen molar-refractivity contribution >= 4 is 0 Å². The summed E-state index contributed by atoms with van der Waals surface area (Å²) in [6, 6.07) is 8.98. The molecule has 0 heterocycles. The van der Waals surface area contributed by atoms with E-state index in [9.17, 15) is 0 Å². The minimum atomic E-state index is -0.0299. The van der Waals surface area contributed by atoms with Crippen molar-refractivity contribution in [3.63, 3.8) is 0 Å². The lowest BCUT2D eigenvalue weighted by Gasteiger charge is -2.17. The van der Waals surface area contributed by atoms with E-state index >= 15 is 0 Å². The van der Waals surface area contributed by atoms with Gasteiger partial charge in [-0.15, -0.1) is 0 Å². The quantitative estimate of drug-likeness (QED) is 0.799. The maximum absolute atomic E-state index is 5.96. The third kappa shape index (κ3) is 4.80. The fourth-order valence-electron chi connectivity index (χ4n) is 1.82. The van der Waals surface area contributed by atoms with E-state index in [1.54, 1.807) is 0 Å². The molecule has 0 spiro atoms. The van der Waals surface area contributed by atoms with Gasteiger partial charge in [0.25, 0.3) is 0 Å². The topological polar surface area (TPSA) is 26.0 Å². The highest BCUT2D eigenvalue weighted by atomic mass is 14.7. The number of hydrogen-bond acceptors (Lipinski definition) is 1. The van der Waals surface area contributed by atoms with Gasteiger partial charge in [-0.25, -0.2) is 0 Å². The zero-order chi connectivity index (χ0) is 12.2. The van der Waals surface area contributed by atoms with Crippen LogP contribution in [-0.2, 0) is 6.42 Å². The normalized spacial score (nSPS) is 12.1. The second kappa shape index (κ2) is 5.49. The van der Waals surface area contributed by atoms with Crippen LogP contribution in [0.15, 0.2) is 24.3 Å². The SMILES string of the molecule is CC(C)c1ccc(CCCC(C)(C)N)cc1. The van der Waals surface area contributed by atoms with E-state index < -0.39 is 0 Å². The van der Waals surface area contributed by atoms with Crippen molar-refractivity contribution in [2.45, 2.75) is 58.4 Å². The molecule has 0 saturated heterocycles. The Kier molecular flexibility index (Phi) is 4.55. The Morgan fingerprint density at radius 1 is 1.12 bits per heavy atom. The number of hydrogen-bond donors (Lipinski definition) is 1. The number of benzene rings is 1. The highest BCUT2D eigenvalue weighted by Gasteiger charge is 2.09. The molecule has 0 unspecified atom stereocenters. The van der Waals surface area contributed by atoms with Crippen molar-refractivity contribution in [2.75, 3.05) is 0 Å². The maximum atomic E-state index is 5.96. The van der Waals surface area contributed by atoms with Gasteiger partial charge in [-0.1, -0.05) is 38.1 Å². The highest BCUT2D eigenvalue weighted by Crippen LogP contribution is 2.16. The fourth-order valence-corrected chi connectivity index (χ4v) is 1.82. The van der Waals surface area contributed by atoms with Crippen molar-refractivity contribution in [1.82, 2.24) is 0 Å². The van der Waals surface area contributed by atoms with Gasteiger partial charge in [0.05, 0.1) is 0 Å². The summed E-state index contributed by atoms with van der Waals surface area (Å²) in [5.74, 6) is 0.622. The summed E-state index contributed by atoms with van der Waals surface area (Å²) < 4.78 is 0. The molecule has 1 aromatic rings. The summed E-state index contributed by atoms with van der Waals surface area (Å²) in [6.45, 7) is 8.64. The molecule has 0 aliphatic rings. The molecule has 0 bridgehead atoms. The first-order valence-electron chi connectivity index (χ1n) is 6.26. The largest absolute Gasteiger partial charge is 0.326 e. The molecular formula is C15H25N. The van der Waals surface area contributed by atoms with Crippen molar-refractivity contribution in [1.29, 1.82) is 0 Å². The van der Waals surface area contributed by atoms with Gasteiger partial charge in [0.2, 0.25) is 0 Å². The van der Waals surface area contributed by atoms with Crippen LogP contribution < -0.4 is 5.73 Å². The molecule has 0 fully saturated rings. The van der Waals surface area contributed by atoms with Gasteiger partial charge in [0.1, 0.15) is 0 Å². The lowest BCUT2D eigenvalue weighted by atomic mass is 9.95. The molecule has 2 N–H and O–H groups in total. The molecule has 1 aromatic carbocycles. The third-order valence-electron chi connectivity index (χ3n) is 2.93. The number of aryl methyl sites for hydroxylation is 1. The monoisotopic (exact) mass is 219 g/mol. The predicted molar refractivity (Wildman–Crippen MR) is 71.7 cm³/mol. The van der Waals surface area contributed by atoms with Gasteiger partial charge in [-0.3, -0.25) is 0 Å². The number of nitrogens with two attached hydrogens (primary N) is 1. The molecule has 1 rings (SSSR count). The molecule has 0 radical (unpaired) electrons. The van der Waals surface area contributed by atoms with Crippen molar-refractivity contribution < 1.29 is 0 Å². The van der Waals surface area contributed by atoms with E-state index in [2.05, 4.69) is 52.0 Å². The zero-order valence-electron chi connectivity index (χ0n) is 11.1. The first kappa shape index (κ1) is 13.2. The van der Waals surface area contributed by atoms with Gasteiger partial charge in [-0.2, -0.15) is 0 Å². The second-order valence-corrected chi connectivity index (χ2v) is 5.74. The fraction of sp³-hybridized carbons (Fsp3) is 0.600. The van der Waals surface area contributed by atoms with Crippen LogP contribution in [0, 0.1) is 0 Å². The van der Waals surface area contributed by atoms with Crippen LogP contribution in [0.5, 0.6) is 0 Å². The second-order valence-electron chi connectivity index (χ2n) is 5.74. The van der Waals surface area contributed by atoms with Crippen LogP contribution in [0.25, 0.3) is 0 Å². The van der Waals surface area contributed by atoms with Crippen LogP contribution in [0.1, 0.15) is 57.6 Å². The third-order valence-corrected chi connectivity index (χ3v) is 2.93. The van der Waals surface area contributed by atoms with Crippen LogP contribution in [0.4, 0.5) is 0 Å². The van der Waals surface area contributed by atoms with E-state index in [-0.39, 0.29) is 5.54 Å². The molecule has 1 heteroatoms. The van der Waals surface area contributed by atoms with Crippen LogP contribution in [0.2, 0.25) is 0 Å². The first-order valence-corrected chi connectivity index (χ1v) is 6.26. The molecule has 0 atom stereocenters. The summed E-state index contributed by atoms with van der Waals surface area (Å²) >= 11 is 0. The molecule has 0 amide bonds. The zero-order valence-corrected chi connectivity index (χ0v) is 11.1. The minimum absolute atomic E-state index is 0.0299. The lowest BCUT2D eigenvalue weighted by Crippen LogP contribution is -2.31. The van der Waals surface area contributed by atoms with Crippen molar-refractivity contribution in [3.05, 3.63) is 35.4 Å². The average molecular weight is 219 g/mol. The Morgan fingerprint density at radius 2 is 1.69 bits per heavy atom. The molecule has 16 heavy (non-hydrogen) atoms. The van der Waals surface area contributed by atoms with Gasteiger partial charge >= 0.3 is 0 Å². The van der Waals surface area contributed by atoms with Gasteiger partial charge < -0.3 is 5.73 Å². The Hall–Kier alpha value is -0.820.